The highest BCUT2D eigenvalue weighted by Gasteiger charge is 2.62. The van der Waals surface area contributed by atoms with Gasteiger partial charge in [-0.25, -0.2) is 0 Å². The lowest BCUT2D eigenvalue weighted by atomic mass is 9.44. The first kappa shape index (κ1) is 27.1. The Balaban J connectivity index is 1.31. The van der Waals surface area contributed by atoms with E-state index in [4.69, 9.17) is 16.3 Å². The van der Waals surface area contributed by atoms with Gasteiger partial charge >= 0.3 is 0 Å². The summed E-state index contributed by atoms with van der Waals surface area (Å²) in [5.74, 6) is 2.96. The van der Waals surface area contributed by atoms with Gasteiger partial charge in [0.05, 0.1) is 17.9 Å². The highest BCUT2D eigenvalue weighted by atomic mass is 35.5. The number of carbonyl (C=O) groups is 1. The number of methoxy groups -OCH3 is 1. The van der Waals surface area contributed by atoms with Gasteiger partial charge in [-0.1, -0.05) is 25.4 Å². The van der Waals surface area contributed by atoms with E-state index in [1.54, 1.807) is 12.1 Å². The minimum atomic E-state index is -0.659. The molecule has 37 heavy (non-hydrogen) atoms. The Bertz CT molecular complexity index is 1050. The molecule has 5 rings (SSSR count). The van der Waals surface area contributed by atoms with Crippen molar-refractivity contribution in [3.63, 3.8) is 0 Å². The monoisotopic (exact) mass is 528 g/mol. The average Bonchev–Trinajstić information content (AvgIpc) is 3.21. The zero-order valence-electron chi connectivity index (χ0n) is 23.1. The van der Waals surface area contributed by atoms with Crippen LogP contribution in [0, 0.1) is 47.3 Å². The maximum atomic E-state index is 13.8. The van der Waals surface area contributed by atoms with Crippen molar-refractivity contribution in [1.29, 1.82) is 0 Å². The highest BCUT2D eigenvalue weighted by molar-refractivity contribution is 6.30. The van der Waals surface area contributed by atoms with E-state index in [1.807, 2.05) is 25.1 Å². The molecule has 0 saturated heterocycles. The summed E-state index contributed by atoms with van der Waals surface area (Å²) in [6.45, 7) is 11.4. The smallest absolute Gasteiger partial charge is 0.157 e. The number of hydrazone groups is 1. The van der Waals surface area contributed by atoms with Crippen molar-refractivity contribution in [3.05, 3.63) is 28.8 Å². The Morgan fingerprint density at radius 3 is 2.59 bits per heavy atom. The van der Waals surface area contributed by atoms with Crippen LogP contribution in [0.5, 0.6) is 0 Å². The molecule has 1 aromatic rings. The largest absolute Gasteiger partial charge is 0.387 e. The second kappa shape index (κ2) is 9.95. The zero-order valence-corrected chi connectivity index (χ0v) is 23.9. The summed E-state index contributed by atoms with van der Waals surface area (Å²) < 4.78 is 5.38. The summed E-state index contributed by atoms with van der Waals surface area (Å²) >= 11 is 6.16. The number of benzene rings is 1. The third-order valence-electron chi connectivity index (χ3n) is 11.5. The Hall–Kier alpha value is -1.43. The number of halogens is 1. The summed E-state index contributed by atoms with van der Waals surface area (Å²) in [6.07, 6.45) is 9.71. The van der Waals surface area contributed by atoms with Gasteiger partial charge in [0.15, 0.2) is 5.78 Å². The highest BCUT2D eigenvalue weighted by Crippen LogP contribution is 2.68. The van der Waals surface area contributed by atoms with Crippen LogP contribution in [0.15, 0.2) is 23.3 Å². The number of Topliss-reactive ketones (excluding diaryl/α,β-unsaturated/α-hetero) is 1. The summed E-state index contributed by atoms with van der Waals surface area (Å²) in [7, 11) is 1.70. The van der Waals surface area contributed by atoms with Crippen molar-refractivity contribution < 1.29 is 14.6 Å². The van der Waals surface area contributed by atoms with Crippen LogP contribution in [0.2, 0.25) is 5.02 Å². The lowest BCUT2D eigenvalue weighted by Crippen LogP contribution is -2.57. The topological polar surface area (TPSA) is 62.1 Å². The van der Waals surface area contributed by atoms with Crippen LogP contribution < -0.4 is 5.01 Å². The fourth-order valence-corrected chi connectivity index (χ4v) is 9.86. The fraction of sp³-hybridized carbons (Fsp3) is 0.742. The number of carbonyl (C=O) groups excluding carboxylic acids is 1. The molecule has 0 aromatic heterocycles. The molecule has 4 saturated carbocycles. The third kappa shape index (κ3) is 4.57. The molecule has 4 aliphatic carbocycles. The number of hydrogen-bond donors (Lipinski definition) is 1. The van der Waals surface area contributed by atoms with Crippen molar-refractivity contribution in [1.82, 2.24) is 0 Å². The number of nitrogens with zero attached hydrogens (tertiary/aromatic N) is 2. The molecule has 4 aliphatic rings. The fourth-order valence-electron chi connectivity index (χ4n) is 9.63. The predicted molar refractivity (Wildman–Crippen MR) is 150 cm³/mol. The van der Waals surface area contributed by atoms with E-state index in [0.29, 0.717) is 46.5 Å². The number of aliphatic hydroxyl groups is 1. The van der Waals surface area contributed by atoms with Crippen LogP contribution in [-0.4, -0.2) is 43.5 Å². The number of hydrogen-bond acceptors (Lipinski definition) is 5. The third-order valence-corrected chi connectivity index (χ3v) is 11.8. The summed E-state index contributed by atoms with van der Waals surface area (Å²) in [5.41, 5.74) is 1.59. The number of rotatable bonds is 7. The molecule has 6 heteroatoms. The number of ether oxygens (including phenoxy) is 1. The van der Waals surface area contributed by atoms with Crippen molar-refractivity contribution in [2.24, 2.45) is 45.5 Å². The predicted octanol–water partition coefficient (Wildman–Crippen LogP) is 6.68. The first-order valence-electron chi connectivity index (χ1n) is 14.3. The quantitative estimate of drug-likeness (QED) is 0.317. The number of anilines is 1. The van der Waals surface area contributed by atoms with Crippen LogP contribution in [-0.2, 0) is 9.53 Å². The second-order valence-corrected chi connectivity index (χ2v) is 13.7. The first-order valence-corrected chi connectivity index (χ1v) is 14.7. The van der Waals surface area contributed by atoms with E-state index in [2.05, 4.69) is 25.7 Å². The second-order valence-electron chi connectivity index (χ2n) is 13.3. The van der Waals surface area contributed by atoms with Gasteiger partial charge in [0.1, 0.15) is 6.54 Å². The molecule has 1 aromatic carbocycles. The van der Waals surface area contributed by atoms with Crippen molar-refractivity contribution in [2.75, 3.05) is 25.3 Å². The van der Waals surface area contributed by atoms with Crippen LogP contribution in [0.25, 0.3) is 0 Å². The Morgan fingerprint density at radius 2 is 1.89 bits per heavy atom. The molecule has 1 N–H and O–H groups in total. The molecule has 4 fully saturated rings. The van der Waals surface area contributed by atoms with Crippen LogP contribution in [0.1, 0.15) is 77.2 Å². The van der Waals surface area contributed by atoms with E-state index in [9.17, 15) is 9.90 Å². The molecular weight excluding hydrogens is 484 g/mol. The zero-order chi connectivity index (χ0) is 26.6. The molecular formula is C31H45ClN2O3. The van der Waals surface area contributed by atoms with E-state index < -0.39 is 5.60 Å². The Kier molecular flexibility index (Phi) is 7.30. The van der Waals surface area contributed by atoms with Gasteiger partial charge in [0.25, 0.3) is 0 Å². The van der Waals surface area contributed by atoms with Gasteiger partial charge < -0.3 is 9.84 Å². The lowest BCUT2D eigenvalue weighted by Gasteiger charge is -2.62. The molecule has 0 spiro atoms. The molecule has 204 valence electrons. The van der Waals surface area contributed by atoms with Crippen molar-refractivity contribution >= 4 is 29.8 Å². The molecule has 8 atom stereocenters. The van der Waals surface area contributed by atoms with Gasteiger partial charge in [-0.05, 0) is 123 Å². The van der Waals surface area contributed by atoms with Gasteiger partial charge in [-0.2, -0.15) is 5.10 Å². The Labute approximate surface area is 228 Å². The standard InChI is InChI=1S/C31H45ClN2O3/c1-20-16-22(32)7-11-27(20)34(33-4)18-28(35)26-10-9-24-23-8-6-21-17-31(36,19-37-5)15-14-29(21,2)25(23)12-13-30(24,26)3/h7,11,16,21,23-26,36H,4,6,8-10,12-15,17-19H2,1-3,5H3/t21-,23-,24-,25-,26+,29-,30-,31+/m0/s1. The molecule has 0 aliphatic heterocycles. The maximum Gasteiger partial charge on any atom is 0.157 e. The number of ketones is 1. The van der Waals surface area contributed by atoms with E-state index in [1.165, 1.54) is 19.3 Å². The lowest BCUT2D eigenvalue weighted by molar-refractivity contribution is -0.164. The van der Waals surface area contributed by atoms with Gasteiger partial charge in [0, 0.05) is 24.8 Å². The molecule has 0 unspecified atom stereocenters. The normalized spacial score (nSPS) is 40.9. The molecule has 0 heterocycles. The van der Waals surface area contributed by atoms with Gasteiger partial charge in [0.2, 0.25) is 0 Å². The first-order chi connectivity index (χ1) is 17.5. The number of fused-ring (bicyclic) bond motifs is 5. The molecule has 0 amide bonds. The van der Waals surface area contributed by atoms with E-state index >= 15 is 0 Å². The average molecular weight is 529 g/mol. The number of aryl methyl sites for hydroxylation is 1. The minimum absolute atomic E-state index is 0.0643. The minimum Gasteiger partial charge on any atom is -0.387 e. The van der Waals surface area contributed by atoms with Gasteiger partial charge in [-0.3, -0.25) is 9.80 Å². The molecule has 0 radical (unpaired) electrons. The summed E-state index contributed by atoms with van der Waals surface area (Å²) in [5, 5.41) is 17.8. The van der Waals surface area contributed by atoms with E-state index in [0.717, 1.165) is 49.8 Å². The molecule has 0 bridgehead atoms. The van der Waals surface area contributed by atoms with Gasteiger partial charge in [-0.15, -0.1) is 0 Å². The summed E-state index contributed by atoms with van der Waals surface area (Å²) in [6, 6.07) is 5.69. The van der Waals surface area contributed by atoms with Crippen LogP contribution in [0.4, 0.5) is 5.69 Å². The van der Waals surface area contributed by atoms with Crippen LogP contribution >= 0.6 is 11.6 Å². The van der Waals surface area contributed by atoms with Crippen molar-refractivity contribution in [2.45, 2.75) is 84.2 Å². The SMILES string of the molecule is C=NN(CC(=O)[C@H]1CC[C@H]2[C@@H]3CC[C@H]4C[C@@](O)(COC)CC[C@]4(C)[C@H]3CC[C@]12C)c1ccc(Cl)cc1C. The van der Waals surface area contributed by atoms with E-state index in [-0.39, 0.29) is 17.9 Å². The van der Waals surface area contributed by atoms with Crippen molar-refractivity contribution in [3.8, 4) is 0 Å². The molecule has 5 nitrogen and oxygen atoms in total. The summed E-state index contributed by atoms with van der Waals surface area (Å²) in [4.78, 5) is 13.8. The maximum absolute atomic E-state index is 13.8. The van der Waals surface area contributed by atoms with Crippen LogP contribution in [0.3, 0.4) is 0 Å². The Morgan fingerprint density at radius 1 is 1.14 bits per heavy atom.